The van der Waals surface area contributed by atoms with Gasteiger partial charge < -0.3 is 4.57 Å². The van der Waals surface area contributed by atoms with Gasteiger partial charge in [0.25, 0.3) is 0 Å². The molecule has 56 valence electrons. The molecule has 0 fully saturated rings. The van der Waals surface area contributed by atoms with Crippen LogP contribution < -0.4 is 0 Å². The molecular formula is C7H12N2S. The average Bonchev–Trinajstić information content (AvgIpc) is 2.00. The maximum absolute atomic E-state index is 4.81. The zero-order chi connectivity index (χ0) is 7.98. The summed E-state index contributed by atoms with van der Waals surface area (Å²) in [6.07, 6.45) is 3.55. The van der Waals surface area contributed by atoms with Crippen molar-refractivity contribution in [2.24, 2.45) is 7.05 Å². The van der Waals surface area contributed by atoms with E-state index in [1.165, 1.54) is 0 Å². The highest BCUT2D eigenvalue weighted by atomic mass is 32.1. The molecule has 0 aliphatic carbocycles. The average molecular weight is 156 g/mol. The van der Waals surface area contributed by atoms with Gasteiger partial charge in [-0.05, 0) is 18.3 Å². The lowest BCUT2D eigenvalue weighted by Gasteiger charge is -1.91. The molecule has 0 radical (unpaired) electrons. The van der Waals surface area contributed by atoms with Gasteiger partial charge >= 0.3 is 0 Å². The highest BCUT2D eigenvalue weighted by Gasteiger charge is 1.76. The van der Waals surface area contributed by atoms with Gasteiger partial charge in [-0.15, -0.1) is 0 Å². The summed E-state index contributed by atoms with van der Waals surface area (Å²) in [4.78, 5) is 3.86. The Bertz CT molecular complexity index is 229. The number of aryl methyl sites for hydroxylation is 1. The van der Waals surface area contributed by atoms with Crippen molar-refractivity contribution in [1.29, 1.82) is 0 Å². The van der Waals surface area contributed by atoms with E-state index in [1.54, 1.807) is 10.8 Å². The summed E-state index contributed by atoms with van der Waals surface area (Å²) in [5, 5.41) is 0. The summed E-state index contributed by atoms with van der Waals surface area (Å²) in [6, 6.07) is 1.84. The molecule has 0 aromatic carbocycles. The summed E-state index contributed by atoms with van der Waals surface area (Å²) < 4.78 is 2.41. The molecule has 0 spiro atoms. The van der Waals surface area contributed by atoms with Crippen molar-refractivity contribution >= 4 is 12.2 Å². The molecule has 0 saturated carbocycles. The number of hydrogen-bond acceptors (Lipinski definition) is 2. The van der Waals surface area contributed by atoms with E-state index >= 15 is 0 Å². The Labute approximate surface area is 66.5 Å². The Hall–Kier alpha value is -0.700. The zero-order valence-electron chi connectivity index (χ0n) is 6.53. The lowest BCUT2D eigenvalue weighted by Crippen LogP contribution is -1.90. The van der Waals surface area contributed by atoms with Gasteiger partial charge in [-0.3, -0.25) is 0 Å². The minimum absolute atomic E-state index is 0.618. The van der Waals surface area contributed by atoms with Gasteiger partial charge in [0, 0.05) is 19.4 Å². The van der Waals surface area contributed by atoms with Crippen LogP contribution in [0.25, 0.3) is 0 Å². The second kappa shape index (κ2) is 5.11. The second-order valence-electron chi connectivity index (χ2n) is 1.51. The molecule has 1 aromatic rings. The maximum Gasteiger partial charge on any atom is 0.199 e. The molecule has 0 N–H and O–H groups in total. The Morgan fingerprint density at radius 1 is 1.50 bits per heavy atom. The van der Waals surface area contributed by atoms with Gasteiger partial charge in [-0.2, -0.15) is 0 Å². The fraction of sp³-hybridized carbons (Fsp3) is 0.429. The standard InChI is InChI=1S/C5H6N2S.C2H6/c1-7-4-2-3-6-5(7)8;1-2/h2-4H,1H3;1-2H3. The number of nitrogens with zero attached hydrogens (tertiary/aromatic N) is 2. The fourth-order valence-corrected chi connectivity index (χ4v) is 0.551. The Balaban J connectivity index is 0.000000371. The van der Waals surface area contributed by atoms with Crippen molar-refractivity contribution in [3.8, 4) is 0 Å². The van der Waals surface area contributed by atoms with Crippen LogP contribution in [0.2, 0.25) is 0 Å². The van der Waals surface area contributed by atoms with Gasteiger partial charge in [0.15, 0.2) is 4.77 Å². The van der Waals surface area contributed by atoms with E-state index in [-0.39, 0.29) is 0 Å². The molecule has 10 heavy (non-hydrogen) atoms. The van der Waals surface area contributed by atoms with Gasteiger partial charge in [0.1, 0.15) is 0 Å². The van der Waals surface area contributed by atoms with E-state index in [0.717, 1.165) is 0 Å². The topological polar surface area (TPSA) is 17.8 Å². The van der Waals surface area contributed by atoms with Gasteiger partial charge in [-0.1, -0.05) is 13.8 Å². The van der Waals surface area contributed by atoms with Gasteiger partial charge in [-0.25, -0.2) is 4.98 Å². The smallest absolute Gasteiger partial charge is 0.199 e. The summed E-state index contributed by atoms with van der Waals surface area (Å²) in [5.41, 5.74) is 0. The molecule has 0 unspecified atom stereocenters. The van der Waals surface area contributed by atoms with Crippen LogP contribution in [0.3, 0.4) is 0 Å². The third kappa shape index (κ3) is 2.73. The molecule has 1 aromatic heterocycles. The minimum Gasteiger partial charge on any atom is -0.327 e. The van der Waals surface area contributed by atoms with E-state index in [9.17, 15) is 0 Å². The molecular weight excluding hydrogens is 144 g/mol. The van der Waals surface area contributed by atoms with Crippen LogP contribution in [0.4, 0.5) is 0 Å². The molecule has 1 heterocycles. The third-order valence-electron chi connectivity index (χ3n) is 0.882. The molecule has 3 heteroatoms. The molecule has 0 amide bonds. The van der Waals surface area contributed by atoms with E-state index in [0.29, 0.717) is 4.77 Å². The first-order chi connectivity index (χ1) is 4.80. The highest BCUT2D eigenvalue weighted by molar-refractivity contribution is 7.71. The van der Waals surface area contributed by atoms with Crippen molar-refractivity contribution in [2.75, 3.05) is 0 Å². The summed E-state index contributed by atoms with van der Waals surface area (Å²) in [7, 11) is 1.87. The molecule has 0 atom stereocenters. The zero-order valence-corrected chi connectivity index (χ0v) is 7.35. The molecule has 0 bridgehead atoms. The minimum atomic E-state index is 0.618. The van der Waals surface area contributed by atoms with Crippen molar-refractivity contribution in [1.82, 2.24) is 9.55 Å². The van der Waals surface area contributed by atoms with Crippen LogP contribution in [-0.2, 0) is 7.05 Å². The van der Waals surface area contributed by atoms with E-state index in [1.807, 2.05) is 33.2 Å². The van der Waals surface area contributed by atoms with Crippen LogP contribution in [0.1, 0.15) is 13.8 Å². The van der Waals surface area contributed by atoms with E-state index in [2.05, 4.69) is 4.98 Å². The molecule has 2 nitrogen and oxygen atoms in total. The van der Waals surface area contributed by atoms with Crippen LogP contribution in [0, 0.1) is 4.77 Å². The van der Waals surface area contributed by atoms with Crippen molar-refractivity contribution in [3.63, 3.8) is 0 Å². The van der Waals surface area contributed by atoms with Crippen molar-refractivity contribution in [3.05, 3.63) is 23.2 Å². The van der Waals surface area contributed by atoms with Crippen molar-refractivity contribution in [2.45, 2.75) is 13.8 Å². The van der Waals surface area contributed by atoms with Crippen LogP contribution in [0.5, 0.6) is 0 Å². The highest BCUT2D eigenvalue weighted by Crippen LogP contribution is 1.81. The monoisotopic (exact) mass is 156 g/mol. The maximum atomic E-state index is 4.81. The van der Waals surface area contributed by atoms with Crippen molar-refractivity contribution < 1.29 is 0 Å². The molecule has 0 aliphatic rings. The number of hydrogen-bond donors (Lipinski definition) is 0. The Morgan fingerprint density at radius 2 is 2.10 bits per heavy atom. The SMILES string of the molecule is CC.Cn1cccnc1=S. The second-order valence-corrected chi connectivity index (χ2v) is 1.88. The largest absolute Gasteiger partial charge is 0.327 e. The third-order valence-corrected chi connectivity index (χ3v) is 1.28. The molecule has 1 rings (SSSR count). The Morgan fingerprint density at radius 3 is 2.40 bits per heavy atom. The van der Waals surface area contributed by atoms with Gasteiger partial charge in [0.05, 0.1) is 0 Å². The first-order valence-electron chi connectivity index (χ1n) is 3.28. The van der Waals surface area contributed by atoms with Crippen LogP contribution >= 0.6 is 12.2 Å². The van der Waals surface area contributed by atoms with E-state index < -0.39 is 0 Å². The van der Waals surface area contributed by atoms with Crippen LogP contribution in [0.15, 0.2) is 18.5 Å². The summed E-state index contributed by atoms with van der Waals surface area (Å²) >= 11 is 4.81. The van der Waals surface area contributed by atoms with E-state index in [4.69, 9.17) is 12.2 Å². The number of aromatic nitrogens is 2. The fourth-order valence-electron chi connectivity index (χ4n) is 0.429. The Kier molecular flexibility index (Phi) is 4.76. The molecule has 0 saturated heterocycles. The predicted molar refractivity (Wildman–Crippen MR) is 45.4 cm³/mol. The van der Waals surface area contributed by atoms with Gasteiger partial charge in [0.2, 0.25) is 0 Å². The summed E-state index contributed by atoms with van der Waals surface area (Å²) in [6.45, 7) is 4.00. The molecule has 0 aliphatic heterocycles. The quantitative estimate of drug-likeness (QED) is 0.536. The first-order valence-corrected chi connectivity index (χ1v) is 3.69. The first kappa shape index (κ1) is 9.30. The number of rotatable bonds is 0. The summed E-state index contributed by atoms with van der Waals surface area (Å²) in [5.74, 6) is 0. The normalized spacial score (nSPS) is 7.90. The predicted octanol–water partition coefficient (Wildman–Crippen LogP) is 2.18. The lowest BCUT2D eigenvalue weighted by atomic mass is 10.7. The van der Waals surface area contributed by atoms with Crippen LogP contribution in [-0.4, -0.2) is 9.55 Å². The lowest BCUT2D eigenvalue weighted by molar-refractivity contribution is 0.843.